The zero-order valence-electron chi connectivity index (χ0n) is 16.4. The van der Waals surface area contributed by atoms with Crippen molar-refractivity contribution in [2.75, 3.05) is 7.11 Å². The normalized spacial score (nSPS) is 12.2. The van der Waals surface area contributed by atoms with Crippen molar-refractivity contribution in [1.29, 1.82) is 0 Å². The summed E-state index contributed by atoms with van der Waals surface area (Å²) in [6.07, 6.45) is -2.03. The SMILES string of the molecule is COc1cc(-c2cc(C(F)(F)F)nn2-c2ccc(S(N)(=O)=O)cc2)ccc1-c1cocn1. The van der Waals surface area contributed by atoms with Crippen LogP contribution >= 0.6 is 0 Å². The van der Waals surface area contributed by atoms with Crippen LogP contribution in [0.15, 0.2) is 70.5 Å². The Morgan fingerprint density at radius 3 is 2.38 bits per heavy atom. The number of nitrogens with zero attached hydrogens (tertiary/aromatic N) is 3. The number of nitrogens with two attached hydrogens (primary N) is 1. The molecular weight excluding hydrogens is 449 g/mol. The highest BCUT2D eigenvalue weighted by Crippen LogP contribution is 2.37. The van der Waals surface area contributed by atoms with E-state index in [1.54, 1.807) is 18.2 Å². The molecule has 2 N–H and O–H groups in total. The second-order valence-electron chi connectivity index (χ2n) is 6.65. The summed E-state index contributed by atoms with van der Waals surface area (Å²) in [4.78, 5) is 3.88. The highest BCUT2D eigenvalue weighted by molar-refractivity contribution is 7.89. The van der Waals surface area contributed by atoms with Gasteiger partial charge in [0.15, 0.2) is 12.1 Å². The molecule has 2 aromatic heterocycles. The van der Waals surface area contributed by atoms with E-state index in [1.807, 2.05) is 0 Å². The molecule has 0 radical (unpaired) electrons. The molecular formula is C20H15F3N4O4S. The standard InChI is InChI=1S/C20H15F3N4O4S/c1-30-18-8-12(2-7-15(18)16-10-31-11-25-16)17-9-19(20(21,22)23)26-27(17)13-3-5-14(6-4-13)32(24,28)29/h2-11H,1H3,(H2,24,28,29). The summed E-state index contributed by atoms with van der Waals surface area (Å²) in [6, 6.07) is 10.7. The van der Waals surface area contributed by atoms with E-state index in [2.05, 4.69) is 10.1 Å². The first kappa shape index (κ1) is 21.6. The van der Waals surface area contributed by atoms with Crippen LogP contribution < -0.4 is 9.88 Å². The van der Waals surface area contributed by atoms with Gasteiger partial charge in [-0.1, -0.05) is 6.07 Å². The average Bonchev–Trinajstić information content (AvgIpc) is 3.43. The number of sulfonamides is 1. The molecule has 12 heteroatoms. The Balaban J connectivity index is 1.86. The molecule has 0 fully saturated rings. The van der Waals surface area contributed by atoms with E-state index >= 15 is 0 Å². The number of benzene rings is 2. The van der Waals surface area contributed by atoms with Crippen LogP contribution in [0.5, 0.6) is 5.75 Å². The van der Waals surface area contributed by atoms with Crippen LogP contribution in [0.1, 0.15) is 5.69 Å². The second-order valence-corrected chi connectivity index (χ2v) is 8.21. The number of hydrogen-bond acceptors (Lipinski definition) is 6. The van der Waals surface area contributed by atoms with Crippen molar-refractivity contribution in [3.8, 4) is 34.0 Å². The minimum Gasteiger partial charge on any atom is -0.496 e. The minimum atomic E-state index is -4.69. The van der Waals surface area contributed by atoms with Crippen LogP contribution in [0, 0.1) is 0 Å². The van der Waals surface area contributed by atoms with Gasteiger partial charge >= 0.3 is 6.18 Å². The molecule has 0 aliphatic carbocycles. The fourth-order valence-electron chi connectivity index (χ4n) is 3.11. The number of primary sulfonamides is 1. The van der Waals surface area contributed by atoms with Crippen molar-refractivity contribution in [3.63, 3.8) is 0 Å². The zero-order chi connectivity index (χ0) is 23.1. The molecule has 8 nitrogen and oxygen atoms in total. The maximum atomic E-state index is 13.4. The lowest BCUT2D eigenvalue weighted by Gasteiger charge is -2.11. The number of ether oxygens (including phenoxy) is 1. The molecule has 32 heavy (non-hydrogen) atoms. The summed E-state index contributed by atoms with van der Waals surface area (Å²) in [5, 5.41) is 8.78. The minimum absolute atomic E-state index is 0.116. The molecule has 0 aliphatic heterocycles. The summed E-state index contributed by atoms with van der Waals surface area (Å²) in [5.74, 6) is 0.363. The summed E-state index contributed by atoms with van der Waals surface area (Å²) in [7, 11) is -2.53. The maximum absolute atomic E-state index is 13.4. The number of alkyl halides is 3. The zero-order valence-corrected chi connectivity index (χ0v) is 17.2. The molecule has 0 saturated heterocycles. The van der Waals surface area contributed by atoms with Gasteiger partial charge in [0.1, 0.15) is 17.7 Å². The number of methoxy groups -OCH3 is 1. The van der Waals surface area contributed by atoms with E-state index in [-0.39, 0.29) is 16.3 Å². The van der Waals surface area contributed by atoms with Crippen LogP contribution in [-0.4, -0.2) is 30.3 Å². The highest BCUT2D eigenvalue weighted by atomic mass is 32.2. The molecule has 2 aromatic carbocycles. The van der Waals surface area contributed by atoms with E-state index in [4.69, 9.17) is 14.3 Å². The average molecular weight is 464 g/mol. The van der Waals surface area contributed by atoms with Gasteiger partial charge in [-0.05, 0) is 42.5 Å². The lowest BCUT2D eigenvalue weighted by molar-refractivity contribution is -0.141. The molecule has 0 saturated carbocycles. The molecule has 0 bridgehead atoms. The first-order chi connectivity index (χ1) is 15.1. The van der Waals surface area contributed by atoms with Gasteiger partial charge in [0, 0.05) is 11.1 Å². The van der Waals surface area contributed by atoms with E-state index in [9.17, 15) is 21.6 Å². The molecule has 4 rings (SSSR count). The predicted octanol–water partition coefficient (Wildman–Crippen LogP) is 3.87. The Morgan fingerprint density at radius 1 is 1.09 bits per heavy atom. The van der Waals surface area contributed by atoms with Gasteiger partial charge < -0.3 is 9.15 Å². The Labute approximate surface area is 180 Å². The van der Waals surface area contributed by atoms with Crippen LogP contribution in [0.2, 0.25) is 0 Å². The predicted molar refractivity (Wildman–Crippen MR) is 107 cm³/mol. The molecule has 4 aromatic rings. The van der Waals surface area contributed by atoms with Gasteiger partial charge in [0.2, 0.25) is 10.0 Å². The van der Waals surface area contributed by atoms with Gasteiger partial charge in [-0.2, -0.15) is 18.3 Å². The first-order valence-corrected chi connectivity index (χ1v) is 10.5. The smallest absolute Gasteiger partial charge is 0.435 e. The third-order valence-corrected chi connectivity index (χ3v) is 5.54. The second kappa shape index (κ2) is 7.80. The quantitative estimate of drug-likeness (QED) is 0.480. The van der Waals surface area contributed by atoms with Gasteiger partial charge in [-0.25, -0.2) is 23.2 Å². The molecule has 166 valence electrons. The van der Waals surface area contributed by atoms with Crippen molar-refractivity contribution in [2.24, 2.45) is 5.14 Å². The molecule has 0 atom stereocenters. The van der Waals surface area contributed by atoms with Crippen LogP contribution in [0.4, 0.5) is 13.2 Å². The summed E-state index contributed by atoms with van der Waals surface area (Å²) < 4.78 is 74.6. The van der Waals surface area contributed by atoms with E-state index in [1.165, 1.54) is 44.0 Å². The van der Waals surface area contributed by atoms with Crippen molar-refractivity contribution in [2.45, 2.75) is 11.1 Å². The largest absolute Gasteiger partial charge is 0.496 e. The Bertz CT molecular complexity index is 1360. The van der Waals surface area contributed by atoms with E-state index < -0.39 is 21.9 Å². The van der Waals surface area contributed by atoms with Crippen LogP contribution in [-0.2, 0) is 16.2 Å². The molecule has 0 spiro atoms. The van der Waals surface area contributed by atoms with Crippen molar-refractivity contribution >= 4 is 10.0 Å². The van der Waals surface area contributed by atoms with Gasteiger partial charge in [0.25, 0.3) is 0 Å². The van der Waals surface area contributed by atoms with Crippen molar-refractivity contribution < 1.29 is 30.7 Å². The number of halogens is 3. The molecule has 0 amide bonds. The Morgan fingerprint density at radius 2 is 1.81 bits per heavy atom. The fourth-order valence-corrected chi connectivity index (χ4v) is 3.62. The van der Waals surface area contributed by atoms with Gasteiger partial charge in [-0.15, -0.1) is 0 Å². The van der Waals surface area contributed by atoms with E-state index in [0.717, 1.165) is 10.7 Å². The number of hydrogen-bond donors (Lipinski definition) is 1. The first-order valence-electron chi connectivity index (χ1n) is 8.95. The fraction of sp³-hybridized carbons (Fsp3) is 0.100. The van der Waals surface area contributed by atoms with E-state index in [0.29, 0.717) is 22.6 Å². The number of aromatic nitrogens is 3. The molecule has 0 unspecified atom stereocenters. The Kier molecular flexibility index (Phi) is 5.26. The third kappa shape index (κ3) is 4.09. The monoisotopic (exact) mass is 464 g/mol. The van der Waals surface area contributed by atoms with Gasteiger partial charge in [0.05, 0.1) is 23.4 Å². The number of oxazole rings is 1. The molecule has 2 heterocycles. The lowest BCUT2D eigenvalue weighted by Crippen LogP contribution is -2.12. The summed E-state index contributed by atoms with van der Waals surface area (Å²) in [6.45, 7) is 0. The Hall–Kier alpha value is -3.64. The lowest BCUT2D eigenvalue weighted by atomic mass is 10.1. The highest BCUT2D eigenvalue weighted by Gasteiger charge is 2.35. The summed E-state index contributed by atoms with van der Waals surface area (Å²) >= 11 is 0. The van der Waals surface area contributed by atoms with Crippen LogP contribution in [0.25, 0.3) is 28.2 Å². The summed E-state index contributed by atoms with van der Waals surface area (Å²) in [5.41, 5.74) is 0.685. The van der Waals surface area contributed by atoms with Gasteiger partial charge in [-0.3, -0.25) is 0 Å². The van der Waals surface area contributed by atoms with Crippen molar-refractivity contribution in [3.05, 3.63) is 66.9 Å². The number of rotatable bonds is 5. The third-order valence-electron chi connectivity index (χ3n) is 4.62. The molecule has 0 aliphatic rings. The topological polar surface area (TPSA) is 113 Å². The maximum Gasteiger partial charge on any atom is 0.435 e. The van der Waals surface area contributed by atoms with Crippen molar-refractivity contribution in [1.82, 2.24) is 14.8 Å². The van der Waals surface area contributed by atoms with Crippen LogP contribution in [0.3, 0.4) is 0 Å².